The summed E-state index contributed by atoms with van der Waals surface area (Å²) < 4.78 is 43.9. The Labute approximate surface area is 403 Å². The van der Waals surface area contributed by atoms with Crippen molar-refractivity contribution in [3.63, 3.8) is 0 Å². The third-order valence-electron chi connectivity index (χ3n) is 14.8. The van der Waals surface area contributed by atoms with Gasteiger partial charge in [-0.15, -0.1) is 6.58 Å². The van der Waals surface area contributed by atoms with Crippen molar-refractivity contribution in [2.45, 2.75) is 200 Å². The quantitative estimate of drug-likeness (QED) is 0.0981. The molecule has 1 aliphatic carbocycles. The molecule has 2 saturated heterocycles. The molecule has 3 heterocycles. The number of methoxy groups -OCH3 is 3. The average molecular weight is 960 g/mol. The molecule has 0 aromatic carbocycles. The number of cyclic esters (lactones) is 1. The fraction of sp³-hybridized carbons (Fsp3) is 0.788. The highest BCUT2D eigenvalue weighted by molar-refractivity contribution is 6.48. The number of amides is 1. The zero-order valence-electron chi connectivity index (χ0n) is 43.2. The third-order valence-corrected chi connectivity index (χ3v) is 15.8. The molecular weight excluding hydrogens is 875 g/mol. The molecule has 0 aromatic rings. The minimum atomic E-state index is -2.54. The number of carbonyl (C=O) groups is 5. The summed E-state index contributed by atoms with van der Waals surface area (Å²) in [5.74, 6) is -8.24. The topological polar surface area (TPSA) is 173 Å². The van der Waals surface area contributed by atoms with E-state index in [4.69, 9.17) is 32.8 Å². The first-order valence-corrected chi connectivity index (χ1v) is 27.5. The SMILES string of the molecule is C=CCC1C=C(C)CC(C)CC(OC)C2OC(O)(C(=O)C(=O)N3CCCCC3C(=O)OC(C(C)=CC3(O[SiH](C)C)CCC(C(C)(C)C)C(OC)C3)C(C)C(OC(C)=O)CC1=O)C(C)CC2OC. The van der Waals surface area contributed by atoms with Gasteiger partial charge in [0.2, 0.25) is 5.79 Å². The summed E-state index contributed by atoms with van der Waals surface area (Å²) >= 11 is 0. The van der Waals surface area contributed by atoms with E-state index in [1.165, 1.54) is 26.0 Å². The number of carbonyl (C=O) groups excluding carboxylic acids is 5. The van der Waals surface area contributed by atoms with Crippen LogP contribution >= 0.6 is 0 Å². The van der Waals surface area contributed by atoms with Crippen molar-refractivity contribution in [2.24, 2.45) is 35.0 Å². The number of esters is 2. The highest BCUT2D eigenvalue weighted by Gasteiger charge is 2.57. The summed E-state index contributed by atoms with van der Waals surface area (Å²) in [6.07, 6.45) is 6.11. The van der Waals surface area contributed by atoms with Crippen molar-refractivity contribution < 1.29 is 61.9 Å². The largest absolute Gasteiger partial charge is 0.462 e. The second-order valence-electron chi connectivity index (χ2n) is 21.6. The van der Waals surface area contributed by atoms with E-state index in [0.717, 1.165) is 12.0 Å². The van der Waals surface area contributed by atoms with Gasteiger partial charge in [-0.1, -0.05) is 65.3 Å². The average Bonchev–Trinajstić information content (AvgIpc) is 3.25. The zero-order valence-corrected chi connectivity index (χ0v) is 44.4. The summed E-state index contributed by atoms with van der Waals surface area (Å²) in [5.41, 5.74) is 0.783. The van der Waals surface area contributed by atoms with Crippen LogP contribution in [0.1, 0.15) is 133 Å². The molecule has 1 N–H and O–H groups in total. The molecule has 380 valence electrons. The molecule has 0 spiro atoms. The number of fused-ring (bicyclic) bond motifs is 3. The molecule has 0 radical (unpaired) electrons. The van der Waals surface area contributed by atoms with E-state index in [9.17, 15) is 29.1 Å². The fourth-order valence-corrected chi connectivity index (χ4v) is 12.6. The smallest absolute Gasteiger partial charge is 0.329 e. The highest BCUT2D eigenvalue weighted by atomic mass is 28.3. The Morgan fingerprint density at radius 3 is 2.18 bits per heavy atom. The summed E-state index contributed by atoms with van der Waals surface area (Å²) in [4.78, 5) is 72.6. The molecule has 15 heteroatoms. The number of allylic oxidation sites excluding steroid dienone is 3. The predicted octanol–water partition coefficient (Wildman–Crippen LogP) is 7.63. The van der Waals surface area contributed by atoms with Gasteiger partial charge in [-0.2, -0.15) is 0 Å². The third kappa shape index (κ3) is 14.1. The Hall–Kier alpha value is -3.05. The number of ketones is 2. The minimum Gasteiger partial charge on any atom is -0.462 e. The Morgan fingerprint density at radius 1 is 0.955 bits per heavy atom. The normalized spacial score (nSPS) is 37.2. The monoisotopic (exact) mass is 960 g/mol. The Balaban J connectivity index is 1.91. The maximum absolute atomic E-state index is 14.9. The molecule has 2 bridgehead atoms. The van der Waals surface area contributed by atoms with Crippen LogP contribution in [0.3, 0.4) is 0 Å². The lowest BCUT2D eigenvalue weighted by Crippen LogP contribution is -2.64. The van der Waals surface area contributed by atoms with Gasteiger partial charge in [-0.05, 0) is 108 Å². The Kier molecular flexibility index (Phi) is 20.4. The molecule has 14 unspecified atom stereocenters. The van der Waals surface area contributed by atoms with Gasteiger partial charge in [0.15, 0.2) is 9.04 Å². The number of nitrogens with zero attached hydrogens (tertiary/aromatic N) is 1. The van der Waals surface area contributed by atoms with Crippen LogP contribution in [0.25, 0.3) is 0 Å². The van der Waals surface area contributed by atoms with Crippen molar-refractivity contribution in [3.05, 3.63) is 36.0 Å². The van der Waals surface area contributed by atoms with Crippen LogP contribution < -0.4 is 0 Å². The van der Waals surface area contributed by atoms with Crippen LogP contribution in [-0.2, 0) is 56.8 Å². The van der Waals surface area contributed by atoms with E-state index in [2.05, 4.69) is 40.4 Å². The van der Waals surface area contributed by atoms with Gasteiger partial charge in [-0.3, -0.25) is 19.2 Å². The number of rotatable bonds is 10. The molecule has 4 aliphatic rings. The van der Waals surface area contributed by atoms with Crippen LogP contribution in [0.5, 0.6) is 0 Å². The second kappa shape index (κ2) is 24.2. The molecule has 1 saturated carbocycles. The molecule has 3 aliphatic heterocycles. The molecule has 0 aromatic heterocycles. The van der Waals surface area contributed by atoms with Crippen LogP contribution in [0.2, 0.25) is 13.1 Å². The first-order chi connectivity index (χ1) is 31.3. The first-order valence-electron chi connectivity index (χ1n) is 24.7. The molecule has 4 rings (SSSR count). The predicted molar refractivity (Wildman–Crippen MR) is 258 cm³/mol. The fourth-order valence-electron chi connectivity index (χ4n) is 11.4. The minimum absolute atomic E-state index is 0.0180. The Bertz CT molecular complexity index is 1810. The number of aliphatic hydroxyl groups is 1. The summed E-state index contributed by atoms with van der Waals surface area (Å²) in [6, 6.07) is -1.19. The number of piperidine rings is 1. The number of hydrogen-bond acceptors (Lipinski definition) is 13. The summed E-state index contributed by atoms with van der Waals surface area (Å²) in [5, 5.41) is 12.2. The summed E-state index contributed by atoms with van der Waals surface area (Å²) in [7, 11) is 3.09. The van der Waals surface area contributed by atoms with Crippen LogP contribution in [0, 0.1) is 35.0 Å². The van der Waals surface area contributed by atoms with E-state index in [-0.39, 0.29) is 54.9 Å². The van der Waals surface area contributed by atoms with Crippen molar-refractivity contribution in [1.82, 2.24) is 4.90 Å². The van der Waals surface area contributed by atoms with Crippen LogP contribution in [0.15, 0.2) is 36.0 Å². The van der Waals surface area contributed by atoms with Crippen molar-refractivity contribution in [2.75, 3.05) is 27.9 Å². The number of Topliss-reactive ketones (excluding diaryl/α,β-unsaturated/α-hetero) is 2. The maximum Gasteiger partial charge on any atom is 0.329 e. The van der Waals surface area contributed by atoms with E-state index in [0.29, 0.717) is 50.5 Å². The number of ether oxygens (including phenoxy) is 6. The van der Waals surface area contributed by atoms with Crippen molar-refractivity contribution >= 4 is 38.5 Å². The molecular formula is C52H85NO13Si. The van der Waals surface area contributed by atoms with E-state index < -0.39 is 98.4 Å². The molecule has 14 nitrogen and oxygen atoms in total. The molecule has 3 fully saturated rings. The molecule has 14 atom stereocenters. The lowest BCUT2D eigenvalue weighted by Gasteiger charge is -2.48. The van der Waals surface area contributed by atoms with Gasteiger partial charge in [0.25, 0.3) is 11.7 Å². The van der Waals surface area contributed by atoms with Crippen molar-refractivity contribution in [1.29, 1.82) is 0 Å². The van der Waals surface area contributed by atoms with Gasteiger partial charge in [0.05, 0.1) is 23.9 Å². The first kappa shape index (κ1) is 56.5. The highest BCUT2D eigenvalue weighted by Crippen LogP contribution is 2.46. The Morgan fingerprint density at radius 2 is 1.60 bits per heavy atom. The van der Waals surface area contributed by atoms with E-state index in [1.54, 1.807) is 27.0 Å². The lowest BCUT2D eigenvalue weighted by molar-refractivity contribution is -0.302. The standard InChI is InChI=1S/C52H85NO13Si/c1-16-19-37-25-31(2)24-32(3)26-42(60-11)46-43(61-12)27-34(5)52(59,65-46)47(56)48(57)53-23-18-17-20-39(53)49(58)64-45(35(6)41(28-40(37)55)63-36(7)54)33(4)29-51(66-67(14)15)22-21-38(50(8,9)10)44(30-51)62-13/h16,25,29,32,34-35,37-39,41-46,59,67H,1,17-24,26-28,30H2,2-15H3. The number of hydrogen-bond donors (Lipinski definition) is 1. The van der Waals surface area contributed by atoms with Crippen LogP contribution in [-0.4, -0.2) is 130 Å². The molecule has 67 heavy (non-hydrogen) atoms. The van der Waals surface area contributed by atoms with E-state index >= 15 is 0 Å². The van der Waals surface area contributed by atoms with Crippen molar-refractivity contribution in [3.8, 4) is 0 Å². The van der Waals surface area contributed by atoms with Gasteiger partial charge < -0.3 is 42.9 Å². The van der Waals surface area contributed by atoms with Gasteiger partial charge in [0, 0.05) is 65.4 Å². The van der Waals surface area contributed by atoms with E-state index in [1.807, 2.05) is 32.9 Å². The van der Waals surface area contributed by atoms with Gasteiger partial charge in [-0.25, -0.2) is 4.79 Å². The van der Waals surface area contributed by atoms with Gasteiger partial charge >= 0.3 is 11.9 Å². The zero-order chi connectivity index (χ0) is 50.2. The summed E-state index contributed by atoms with van der Waals surface area (Å²) in [6.45, 7) is 25.5. The van der Waals surface area contributed by atoms with Gasteiger partial charge in [0.1, 0.15) is 30.1 Å². The van der Waals surface area contributed by atoms with Crippen LogP contribution in [0.4, 0.5) is 0 Å². The lowest BCUT2D eigenvalue weighted by atomic mass is 9.66. The second-order valence-corrected chi connectivity index (χ2v) is 24.0. The maximum atomic E-state index is 14.9. The molecule has 1 amide bonds.